The number of rotatable bonds is 73. The van der Waals surface area contributed by atoms with Crippen LogP contribution in [0.1, 0.15) is 310 Å². The molecule has 0 heterocycles. The molecule has 0 saturated heterocycles. The second kappa shape index (κ2) is 74.5. The van der Waals surface area contributed by atoms with E-state index in [1.165, 1.54) is 103 Å². The molecule has 0 amide bonds. The van der Waals surface area contributed by atoms with Gasteiger partial charge in [-0.15, -0.1) is 0 Å². The molecule has 0 aromatic heterocycles. The third-order valence-corrected chi connectivity index (χ3v) is 18.0. The Hall–Kier alpha value is -4.80. The molecule has 0 aliphatic rings. The molecule has 3 N–H and O–H groups in total. The Labute approximate surface area is 618 Å². The van der Waals surface area contributed by atoms with Crippen LogP contribution in [0.3, 0.4) is 0 Å². The van der Waals surface area contributed by atoms with E-state index in [9.17, 15) is 43.2 Å². The highest BCUT2D eigenvalue weighted by Crippen LogP contribution is 2.45. The lowest BCUT2D eigenvalue weighted by atomic mass is 10.0. The predicted octanol–water partition coefficient (Wildman–Crippen LogP) is 22.9. The summed E-state index contributed by atoms with van der Waals surface area (Å²) in [5.41, 5.74) is 0. The maximum absolute atomic E-state index is 13.1. The summed E-state index contributed by atoms with van der Waals surface area (Å²) >= 11 is 0. The number of ether oxygens (including phenoxy) is 4. The van der Waals surface area contributed by atoms with Gasteiger partial charge in [0.05, 0.1) is 32.8 Å². The van der Waals surface area contributed by atoms with E-state index < -0.39 is 97.5 Å². The molecule has 0 aliphatic carbocycles. The number of carbonyl (C=O) groups excluding carboxylic acids is 4. The highest BCUT2D eigenvalue weighted by atomic mass is 31.2. The number of phosphoric ester groups is 2. The Balaban J connectivity index is 5.47. The van der Waals surface area contributed by atoms with Crippen molar-refractivity contribution in [3.8, 4) is 0 Å². The Bertz CT molecular complexity index is 2460. The van der Waals surface area contributed by atoms with Crippen molar-refractivity contribution in [2.45, 2.75) is 329 Å². The van der Waals surface area contributed by atoms with Gasteiger partial charge < -0.3 is 33.8 Å². The maximum atomic E-state index is 13.1. The van der Waals surface area contributed by atoms with Gasteiger partial charge in [0.15, 0.2) is 12.2 Å². The minimum atomic E-state index is -5.02. The minimum Gasteiger partial charge on any atom is -0.462 e. The molecule has 0 fully saturated rings. The predicted molar refractivity (Wildman–Crippen MR) is 418 cm³/mol. The Kier molecular flexibility index (Phi) is 71.0. The fraction of sp³-hybridized carbons (Fsp3) is 0.687. The van der Waals surface area contributed by atoms with Gasteiger partial charge in [-0.25, -0.2) is 9.13 Å². The van der Waals surface area contributed by atoms with Crippen LogP contribution in [0, 0.1) is 0 Å². The van der Waals surface area contributed by atoms with E-state index in [2.05, 4.69) is 125 Å². The van der Waals surface area contributed by atoms with E-state index in [-0.39, 0.29) is 25.7 Å². The summed E-state index contributed by atoms with van der Waals surface area (Å²) in [6.07, 6.45) is 83.3. The molecule has 0 aromatic rings. The Morgan fingerprint density at radius 1 is 0.294 bits per heavy atom. The summed E-state index contributed by atoms with van der Waals surface area (Å²) < 4.78 is 68.4. The largest absolute Gasteiger partial charge is 0.472 e. The average Bonchev–Trinajstić information content (AvgIpc) is 0.923. The van der Waals surface area contributed by atoms with Crippen LogP contribution in [0.15, 0.2) is 134 Å². The normalized spacial score (nSPS) is 14.6. The van der Waals surface area contributed by atoms with Crippen LogP contribution in [-0.2, 0) is 65.4 Å². The molecule has 0 spiro atoms. The minimum absolute atomic E-state index is 0.0602. The zero-order valence-electron chi connectivity index (χ0n) is 63.7. The number of aliphatic hydroxyl groups is 1. The van der Waals surface area contributed by atoms with Crippen molar-refractivity contribution in [3.63, 3.8) is 0 Å². The van der Waals surface area contributed by atoms with Crippen LogP contribution < -0.4 is 0 Å². The van der Waals surface area contributed by atoms with Crippen molar-refractivity contribution in [2.75, 3.05) is 39.6 Å². The quantitative estimate of drug-likeness (QED) is 0.0169. The molecule has 5 atom stereocenters. The number of unbranched alkanes of at least 4 members (excludes halogenated alkanes) is 26. The van der Waals surface area contributed by atoms with Crippen LogP contribution >= 0.6 is 15.6 Å². The van der Waals surface area contributed by atoms with Gasteiger partial charge in [0.1, 0.15) is 19.3 Å². The highest BCUT2D eigenvalue weighted by molar-refractivity contribution is 7.47. The number of aliphatic hydroxyl groups excluding tert-OH is 1. The molecule has 584 valence electrons. The van der Waals surface area contributed by atoms with Crippen molar-refractivity contribution in [1.82, 2.24) is 0 Å². The number of carbonyl (C=O) groups is 4. The van der Waals surface area contributed by atoms with Crippen LogP contribution in [0.5, 0.6) is 0 Å². The lowest BCUT2D eigenvalue weighted by molar-refractivity contribution is -0.161. The van der Waals surface area contributed by atoms with Crippen LogP contribution in [0.25, 0.3) is 0 Å². The zero-order valence-corrected chi connectivity index (χ0v) is 65.5. The number of phosphoric acid groups is 2. The van der Waals surface area contributed by atoms with E-state index in [4.69, 9.17) is 37.0 Å². The summed E-state index contributed by atoms with van der Waals surface area (Å²) in [6.45, 7) is 4.47. The van der Waals surface area contributed by atoms with Crippen LogP contribution in [0.2, 0.25) is 0 Å². The van der Waals surface area contributed by atoms with Crippen LogP contribution in [-0.4, -0.2) is 96.7 Å². The number of hydrogen-bond donors (Lipinski definition) is 3. The monoisotopic (exact) mass is 1470 g/mol. The van der Waals surface area contributed by atoms with E-state index in [0.29, 0.717) is 32.1 Å². The van der Waals surface area contributed by atoms with E-state index in [0.717, 1.165) is 122 Å². The highest BCUT2D eigenvalue weighted by Gasteiger charge is 2.30. The molecule has 0 bridgehead atoms. The number of hydrogen-bond acceptors (Lipinski definition) is 15. The third-order valence-electron chi connectivity index (χ3n) is 16.1. The summed E-state index contributed by atoms with van der Waals surface area (Å²) in [5, 5.41) is 10.6. The van der Waals surface area contributed by atoms with Crippen molar-refractivity contribution < 1.29 is 80.2 Å². The van der Waals surface area contributed by atoms with Gasteiger partial charge in [-0.05, 0) is 116 Å². The summed E-state index contributed by atoms with van der Waals surface area (Å²) in [7, 11) is -10.0. The van der Waals surface area contributed by atoms with Gasteiger partial charge in [-0.2, -0.15) is 0 Å². The molecule has 0 aromatic carbocycles. The molecule has 0 radical (unpaired) electrons. The SMILES string of the molecule is CC/C=C\C/C=C\C/C=C\C/C=C\C/C=C\CCCC(=O)OCC(COP(=O)(O)OCC(O)COP(=O)(O)OCC(COC(=O)CCCCCCC/C=C\CCCCCCCC)OC(=O)CCCCCCCCCCCCCCCCC)OC(=O)C/C=C\C/C=C\C/C=C\C/C=C\C/C=C\CC. The van der Waals surface area contributed by atoms with Gasteiger partial charge in [-0.3, -0.25) is 37.3 Å². The summed E-state index contributed by atoms with van der Waals surface area (Å²) in [6, 6.07) is 0. The number of esters is 4. The second-order valence-corrected chi connectivity index (χ2v) is 28.8. The molecule has 5 unspecified atom stereocenters. The van der Waals surface area contributed by atoms with Gasteiger partial charge in [0.25, 0.3) is 0 Å². The Morgan fingerprint density at radius 3 is 0.922 bits per heavy atom. The molecule has 19 heteroatoms. The molecule has 17 nitrogen and oxygen atoms in total. The zero-order chi connectivity index (χ0) is 74.6. The summed E-state index contributed by atoms with van der Waals surface area (Å²) in [4.78, 5) is 72.9. The molecular formula is C83H140O17P2. The molecular weight excluding hydrogens is 1330 g/mol. The second-order valence-electron chi connectivity index (χ2n) is 25.9. The van der Waals surface area contributed by atoms with E-state index in [1.807, 2.05) is 24.3 Å². The smallest absolute Gasteiger partial charge is 0.462 e. The van der Waals surface area contributed by atoms with Crippen molar-refractivity contribution in [2.24, 2.45) is 0 Å². The van der Waals surface area contributed by atoms with E-state index in [1.54, 1.807) is 12.2 Å². The Morgan fingerprint density at radius 2 is 0.559 bits per heavy atom. The fourth-order valence-corrected chi connectivity index (χ4v) is 11.8. The standard InChI is InChI=1S/C83H140O17P2/c1-5-9-13-17-21-25-29-33-37-38-42-44-48-52-56-60-64-68-81(86)94-74-79(100-83(88)70-66-62-58-54-50-46-41-36-32-28-24-20-16-12-8-4)76-98-102(91,92)96-72-77(84)71-95-101(89,90)97-75-78(99-82(87)69-65-61-57-53-49-45-40-35-31-27-23-19-15-11-7-3)73-93-80(85)67-63-59-55-51-47-43-39-34-30-26-22-18-14-10-6-2/h9,12-13,16,21,24-25,28,33-34,36-37,39,41-42,44,50,52,54,56,62,66,77-79,84H,5-8,10-11,14-15,17-20,22-23,26-27,29-32,35,38,40,43,45-49,51,53,55,57-61,63-65,67-76H2,1-4H3,(H,89,90)(H,91,92)/b13-9-,16-12-,25-21-,28-24-,37-33-,39-34-,41-36-,44-42-,54-50-,56-52-,66-62-. The molecule has 102 heavy (non-hydrogen) atoms. The van der Waals surface area contributed by atoms with Crippen molar-refractivity contribution in [1.29, 1.82) is 0 Å². The molecule has 0 saturated carbocycles. The van der Waals surface area contributed by atoms with Gasteiger partial charge >= 0.3 is 39.5 Å². The lowest BCUT2D eigenvalue weighted by Gasteiger charge is -2.21. The van der Waals surface area contributed by atoms with Crippen molar-refractivity contribution >= 4 is 39.5 Å². The average molecular weight is 1470 g/mol. The van der Waals surface area contributed by atoms with Gasteiger partial charge in [0.2, 0.25) is 0 Å². The molecule has 0 aliphatic heterocycles. The first kappa shape index (κ1) is 97.2. The summed E-state index contributed by atoms with van der Waals surface area (Å²) in [5.74, 6) is -2.40. The molecule has 0 rings (SSSR count). The maximum Gasteiger partial charge on any atom is 0.472 e. The van der Waals surface area contributed by atoms with Crippen molar-refractivity contribution in [3.05, 3.63) is 134 Å². The first-order chi connectivity index (χ1) is 49.7. The van der Waals surface area contributed by atoms with Gasteiger partial charge in [-0.1, -0.05) is 303 Å². The fourth-order valence-electron chi connectivity index (χ4n) is 10.2. The van der Waals surface area contributed by atoms with E-state index >= 15 is 0 Å². The third kappa shape index (κ3) is 73.5. The van der Waals surface area contributed by atoms with Gasteiger partial charge in [0, 0.05) is 19.3 Å². The van der Waals surface area contributed by atoms with Crippen LogP contribution in [0.4, 0.5) is 0 Å². The lowest BCUT2D eigenvalue weighted by Crippen LogP contribution is -2.30. The topological polar surface area (TPSA) is 237 Å². The number of allylic oxidation sites excluding steroid dienone is 21. The first-order valence-electron chi connectivity index (χ1n) is 39.4. The first-order valence-corrected chi connectivity index (χ1v) is 42.4.